The molecule has 0 aromatic heterocycles. The number of carboxylic acids is 1. The van der Waals surface area contributed by atoms with Crippen LogP contribution in [0.4, 0.5) is 0 Å². The highest BCUT2D eigenvalue weighted by molar-refractivity contribution is 5.71. The highest BCUT2D eigenvalue weighted by Gasteiger charge is 2.24. The van der Waals surface area contributed by atoms with Crippen molar-refractivity contribution in [1.82, 2.24) is 0 Å². The number of carbonyl (C=O) groups excluding carboxylic acids is 1. The van der Waals surface area contributed by atoms with Crippen molar-refractivity contribution in [2.75, 3.05) is 27.7 Å². The zero-order valence-electron chi connectivity index (χ0n) is 14.1. The third kappa shape index (κ3) is 12.3. The molecule has 0 saturated carbocycles. The standard InChI is InChI=1S/C16H29NO5/c1-5-8-13(18)9-6-7-10-16(21)22-14(11-15(19)20)12-17(2,3)4/h5,8,13-14,18H,6-7,9-12H2,1-4H3/p+1/b8-5+. The summed E-state index contributed by atoms with van der Waals surface area (Å²) in [6, 6.07) is 0. The molecule has 0 aromatic carbocycles. The van der Waals surface area contributed by atoms with Crippen LogP contribution in [0.25, 0.3) is 0 Å². The Hall–Kier alpha value is -1.40. The molecule has 0 saturated heterocycles. The van der Waals surface area contributed by atoms with Crippen LogP contribution in [-0.2, 0) is 14.3 Å². The van der Waals surface area contributed by atoms with Gasteiger partial charge in [-0.25, -0.2) is 0 Å². The van der Waals surface area contributed by atoms with Crippen LogP contribution >= 0.6 is 0 Å². The lowest BCUT2D eigenvalue weighted by atomic mass is 10.1. The van der Waals surface area contributed by atoms with Crippen LogP contribution in [0.15, 0.2) is 12.2 Å². The summed E-state index contributed by atoms with van der Waals surface area (Å²) in [5, 5.41) is 18.4. The summed E-state index contributed by atoms with van der Waals surface area (Å²) in [7, 11) is 5.77. The number of rotatable bonds is 11. The van der Waals surface area contributed by atoms with E-state index in [2.05, 4.69) is 0 Å². The zero-order chi connectivity index (χ0) is 17.2. The molecule has 22 heavy (non-hydrogen) atoms. The van der Waals surface area contributed by atoms with Crippen molar-refractivity contribution in [3.8, 4) is 0 Å². The smallest absolute Gasteiger partial charge is 0.307 e. The van der Waals surface area contributed by atoms with Crippen LogP contribution in [0.2, 0.25) is 0 Å². The van der Waals surface area contributed by atoms with Gasteiger partial charge in [0.05, 0.1) is 33.7 Å². The van der Waals surface area contributed by atoms with Gasteiger partial charge in [0, 0.05) is 6.42 Å². The first-order chi connectivity index (χ1) is 10.1. The van der Waals surface area contributed by atoms with Crippen molar-refractivity contribution in [3.05, 3.63) is 12.2 Å². The van der Waals surface area contributed by atoms with E-state index in [0.717, 1.165) is 6.42 Å². The third-order valence-electron chi connectivity index (χ3n) is 3.00. The van der Waals surface area contributed by atoms with Crippen LogP contribution in [0.3, 0.4) is 0 Å². The lowest BCUT2D eigenvalue weighted by Gasteiger charge is -2.28. The predicted octanol–water partition coefficient (Wildman–Crippen LogP) is 1.58. The number of likely N-dealkylation sites (N-methyl/N-ethyl adjacent to an activating group) is 1. The second-order valence-electron chi connectivity index (χ2n) is 6.52. The maximum atomic E-state index is 11.8. The van der Waals surface area contributed by atoms with Crippen molar-refractivity contribution in [2.45, 2.75) is 51.2 Å². The number of unbranched alkanes of at least 4 members (excludes halogenated alkanes) is 1. The summed E-state index contributed by atoms with van der Waals surface area (Å²) in [4.78, 5) is 22.6. The van der Waals surface area contributed by atoms with Gasteiger partial charge in [-0.1, -0.05) is 12.2 Å². The quantitative estimate of drug-likeness (QED) is 0.262. The molecule has 2 unspecified atom stereocenters. The fourth-order valence-corrected chi connectivity index (χ4v) is 2.14. The minimum Gasteiger partial charge on any atom is -0.481 e. The number of ether oxygens (including phenoxy) is 1. The van der Waals surface area contributed by atoms with Crippen LogP contribution in [0.1, 0.15) is 39.0 Å². The number of carbonyl (C=O) groups is 2. The van der Waals surface area contributed by atoms with E-state index in [1.165, 1.54) is 0 Å². The van der Waals surface area contributed by atoms with E-state index >= 15 is 0 Å². The largest absolute Gasteiger partial charge is 0.481 e. The Balaban J connectivity index is 4.14. The van der Waals surface area contributed by atoms with E-state index in [4.69, 9.17) is 9.84 Å². The molecule has 0 fully saturated rings. The fraction of sp³-hybridized carbons (Fsp3) is 0.750. The molecule has 0 bridgehead atoms. The van der Waals surface area contributed by atoms with Crippen molar-refractivity contribution < 1.29 is 29.0 Å². The summed E-state index contributed by atoms with van der Waals surface area (Å²) in [5.41, 5.74) is 0. The summed E-state index contributed by atoms with van der Waals surface area (Å²) < 4.78 is 5.81. The average molecular weight is 316 g/mol. The first-order valence-electron chi connectivity index (χ1n) is 7.66. The van der Waals surface area contributed by atoms with Gasteiger partial charge >= 0.3 is 11.9 Å². The van der Waals surface area contributed by atoms with E-state index in [1.54, 1.807) is 12.2 Å². The van der Waals surface area contributed by atoms with Crippen LogP contribution in [0.5, 0.6) is 0 Å². The SMILES string of the molecule is C/C=C/C(O)CCCCC(=O)OC(CC(=O)O)C[N+](C)(C)C. The summed E-state index contributed by atoms with van der Waals surface area (Å²) >= 11 is 0. The molecule has 2 N–H and O–H groups in total. The Morgan fingerprint density at radius 1 is 1.23 bits per heavy atom. The fourth-order valence-electron chi connectivity index (χ4n) is 2.14. The molecule has 128 valence electrons. The number of esters is 1. The number of hydrogen-bond donors (Lipinski definition) is 2. The van der Waals surface area contributed by atoms with Gasteiger partial charge in [-0.05, 0) is 26.2 Å². The van der Waals surface area contributed by atoms with Gasteiger partial charge in [0.2, 0.25) is 0 Å². The summed E-state index contributed by atoms with van der Waals surface area (Å²) in [6.45, 7) is 2.30. The van der Waals surface area contributed by atoms with Crippen LogP contribution < -0.4 is 0 Å². The molecule has 0 spiro atoms. The van der Waals surface area contributed by atoms with Crippen molar-refractivity contribution in [1.29, 1.82) is 0 Å². The third-order valence-corrected chi connectivity index (χ3v) is 3.00. The highest BCUT2D eigenvalue weighted by atomic mass is 16.5. The molecule has 2 atom stereocenters. The number of carboxylic acid groups (broad SMARTS) is 1. The Morgan fingerprint density at radius 2 is 1.86 bits per heavy atom. The molecule has 0 radical (unpaired) electrons. The van der Waals surface area contributed by atoms with Gasteiger partial charge in [0.25, 0.3) is 0 Å². The Bertz CT molecular complexity index is 373. The van der Waals surface area contributed by atoms with Crippen molar-refractivity contribution >= 4 is 11.9 Å². The molecule has 0 aliphatic heterocycles. The average Bonchev–Trinajstić information content (AvgIpc) is 2.32. The highest BCUT2D eigenvalue weighted by Crippen LogP contribution is 2.10. The maximum Gasteiger partial charge on any atom is 0.307 e. The molecular formula is C16H30NO5+. The van der Waals surface area contributed by atoms with E-state index in [0.29, 0.717) is 23.9 Å². The molecule has 6 nitrogen and oxygen atoms in total. The Morgan fingerprint density at radius 3 is 2.36 bits per heavy atom. The van der Waals surface area contributed by atoms with Gasteiger partial charge in [-0.2, -0.15) is 0 Å². The minimum absolute atomic E-state index is 0.179. The molecule has 0 amide bonds. The normalized spacial score (nSPS) is 14.8. The van der Waals surface area contributed by atoms with Gasteiger partial charge < -0.3 is 19.4 Å². The second-order valence-corrected chi connectivity index (χ2v) is 6.52. The first-order valence-corrected chi connectivity index (χ1v) is 7.66. The molecule has 0 rings (SSSR count). The maximum absolute atomic E-state index is 11.8. The summed E-state index contributed by atoms with van der Waals surface area (Å²) in [5.74, 6) is -1.35. The van der Waals surface area contributed by atoms with Gasteiger partial charge in [-0.3, -0.25) is 9.59 Å². The number of allylic oxidation sites excluding steroid dienone is 1. The van der Waals surface area contributed by atoms with E-state index in [-0.39, 0.29) is 18.8 Å². The molecule has 6 heteroatoms. The minimum atomic E-state index is -0.972. The molecule has 0 aliphatic carbocycles. The topological polar surface area (TPSA) is 83.8 Å². The van der Waals surface area contributed by atoms with Gasteiger partial charge in [-0.15, -0.1) is 0 Å². The van der Waals surface area contributed by atoms with Crippen molar-refractivity contribution in [2.24, 2.45) is 0 Å². The number of aliphatic carboxylic acids is 1. The number of nitrogens with zero attached hydrogens (tertiary/aromatic N) is 1. The van der Waals surface area contributed by atoms with E-state index < -0.39 is 18.2 Å². The first kappa shape index (κ1) is 20.6. The predicted molar refractivity (Wildman–Crippen MR) is 84.3 cm³/mol. The Labute approximate surface area is 133 Å². The second kappa shape index (κ2) is 10.3. The van der Waals surface area contributed by atoms with Crippen LogP contribution in [0, 0.1) is 0 Å². The lowest BCUT2D eigenvalue weighted by molar-refractivity contribution is -0.873. The number of aliphatic hydroxyl groups excluding tert-OH is 1. The van der Waals surface area contributed by atoms with Gasteiger partial charge in [0.1, 0.15) is 6.54 Å². The molecule has 0 heterocycles. The molecule has 0 aromatic rings. The van der Waals surface area contributed by atoms with E-state index in [1.807, 2.05) is 28.1 Å². The zero-order valence-corrected chi connectivity index (χ0v) is 14.1. The van der Waals surface area contributed by atoms with Gasteiger partial charge in [0.15, 0.2) is 6.10 Å². The molecule has 0 aliphatic rings. The number of aliphatic hydroxyl groups is 1. The van der Waals surface area contributed by atoms with E-state index in [9.17, 15) is 14.7 Å². The molecular weight excluding hydrogens is 286 g/mol. The van der Waals surface area contributed by atoms with Crippen molar-refractivity contribution in [3.63, 3.8) is 0 Å². The summed E-state index contributed by atoms with van der Waals surface area (Å²) in [6.07, 6.45) is 4.43. The lowest BCUT2D eigenvalue weighted by Crippen LogP contribution is -2.43. The van der Waals surface area contributed by atoms with Crippen LogP contribution in [-0.4, -0.2) is 66.5 Å². The number of quaternary nitrogens is 1. The Kier molecular flexibility index (Phi) is 9.69. The number of hydrogen-bond acceptors (Lipinski definition) is 4. The monoisotopic (exact) mass is 316 g/mol.